The Morgan fingerprint density at radius 2 is 1.40 bits per heavy atom. The first-order chi connectivity index (χ1) is 12.6. The summed E-state index contributed by atoms with van der Waals surface area (Å²) in [6, 6.07) is 9.50. The molecule has 0 saturated heterocycles. The molecule has 3 aromatic carbocycles. The van der Waals surface area contributed by atoms with Crippen LogP contribution in [0.25, 0.3) is 10.8 Å². The molecular formula is C29H42Hf. The van der Waals surface area contributed by atoms with Gasteiger partial charge in [-0.05, 0) is 18.3 Å². The molecule has 0 atom stereocenters. The summed E-state index contributed by atoms with van der Waals surface area (Å²) >= 11 is 0. The van der Waals surface area contributed by atoms with Crippen molar-refractivity contribution in [3.8, 4) is 0 Å². The Balaban J connectivity index is 0.000000569. The number of aryl methyl sites for hydroxylation is 1. The fourth-order valence-electron chi connectivity index (χ4n) is 4.72. The maximum atomic E-state index is 2.46. The first-order valence-corrected chi connectivity index (χ1v) is 10.5. The summed E-state index contributed by atoms with van der Waals surface area (Å²) in [5.74, 6) is 0. The number of fused-ring (bicyclic) bond motifs is 2. The zero-order chi connectivity index (χ0) is 19.9. The van der Waals surface area contributed by atoms with Crippen LogP contribution in [0.5, 0.6) is 0 Å². The van der Waals surface area contributed by atoms with Crippen LogP contribution >= 0.6 is 0 Å². The van der Waals surface area contributed by atoms with Gasteiger partial charge in [0.1, 0.15) is 0 Å². The molecule has 0 amide bonds. The summed E-state index contributed by atoms with van der Waals surface area (Å²) < 4.78 is 0. The van der Waals surface area contributed by atoms with Gasteiger partial charge in [-0.3, -0.25) is 0 Å². The van der Waals surface area contributed by atoms with E-state index < -0.39 is 0 Å². The topological polar surface area (TPSA) is 0 Å². The molecule has 162 valence electrons. The van der Waals surface area contributed by atoms with Crippen LogP contribution in [-0.2, 0) is 45.1 Å². The van der Waals surface area contributed by atoms with E-state index in [0.717, 1.165) is 0 Å². The van der Waals surface area contributed by atoms with E-state index in [2.05, 4.69) is 79.7 Å². The Labute approximate surface area is 206 Å². The molecule has 0 aromatic heterocycles. The molecule has 0 aliphatic heterocycles. The standard InChI is InChI=1S/C17H21.C10H15.2CH3.Hf/c1-4-5-12-6-7-13-8-14-10-17(2,3)11-15(14)9-16(12)13;1-6-7(2)9(4)10(5)8(6)3;;;/h6-9H,4-5,10-11H2,1-3H3;1-5H3;2*1H3;/q4*-1;+4. The van der Waals surface area contributed by atoms with Crippen molar-refractivity contribution in [1.29, 1.82) is 0 Å². The predicted molar refractivity (Wildman–Crippen MR) is 133 cm³/mol. The van der Waals surface area contributed by atoms with Crippen LogP contribution in [0.3, 0.4) is 0 Å². The average Bonchev–Trinajstić information content (AvgIpc) is 3.19. The molecule has 1 heteroatoms. The Morgan fingerprint density at radius 1 is 0.900 bits per heavy atom. The smallest absolute Gasteiger partial charge is 0.358 e. The molecule has 1 aliphatic rings. The van der Waals surface area contributed by atoms with Gasteiger partial charge in [0.2, 0.25) is 0 Å². The molecule has 0 unspecified atom stereocenters. The molecule has 4 rings (SSSR count). The minimum Gasteiger partial charge on any atom is -0.358 e. The third kappa shape index (κ3) is 5.64. The summed E-state index contributed by atoms with van der Waals surface area (Å²) in [6.45, 7) is 18.0. The van der Waals surface area contributed by atoms with Gasteiger partial charge in [0.15, 0.2) is 0 Å². The predicted octanol–water partition coefficient (Wildman–Crippen LogP) is 8.48. The van der Waals surface area contributed by atoms with Gasteiger partial charge < -0.3 is 14.9 Å². The van der Waals surface area contributed by atoms with E-state index in [-0.39, 0.29) is 40.7 Å². The molecule has 0 radical (unpaired) electrons. The van der Waals surface area contributed by atoms with Crippen LogP contribution in [0, 0.1) is 54.9 Å². The zero-order valence-corrected chi connectivity index (χ0v) is 24.7. The molecule has 0 N–H and O–H groups in total. The largest absolute Gasteiger partial charge is 4.00 e. The molecule has 0 nitrogen and oxygen atoms in total. The number of hydrogen-bond acceptors (Lipinski definition) is 0. The Bertz CT molecular complexity index is 882. The van der Waals surface area contributed by atoms with Gasteiger partial charge in [0.05, 0.1) is 0 Å². The summed E-state index contributed by atoms with van der Waals surface area (Å²) in [6.07, 6.45) is 4.94. The summed E-state index contributed by atoms with van der Waals surface area (Å²) in [7, 11) is 0. The molecule has 0 fully saturated rings. The molecule has 1 aliphatic carbocycles. The molecule has 30 heavy (non-hydrogen) atoms. The Hall–Kier alpha value is -0.950. The monoisotopic (exact) mass is 570 g/mol. The van der Waals surface area contributed by atoms with E-state index in [1.54, 1.807) is 11.1 Å². The molecule has 0 bridgehead atoms. The van der Waals surface area contributed by atoms with E-state index in [1.165, 1.54) is 69.8 Å². The van der Waals surface area contributed by atoms with Crippen molar-refractivity contribution < 1.29 is 25.8 Å². The summed E-state index contributed by atoms with van der Waals surface area (Å²) in [5.41, 5.74) is 12.5. The Morgan fingerprint density at radius 3 is 1.83 bits per heavy atom. The first kappa shape index (κ1) is 29.1. The van der Waals surface area contributed by atoms with Crippen molar-refractivity contribution in [2.75, 3.05) is 0 Å². The summed E-state index contributed by atoms with van der Waals surface area (Å²) in [5, 5.41) is 2.95. The van der Waals surface area contributed by atoms with Gasteiger partial charge in [-0.2, -0.15) is 33.9 Å². The van der Waals surface area contributed by atoms with E-state index in [1.807, 2.05) is 0 Å². The van der Waals surface area contributed by atoms with Gasteiger partial charge in [-0.15, -0.1) is 34.5 Å². The molecule has 3 aromatic rings. The minimum absolute atomic E-state index is 0. The minimum atomic E-state index is 0. The van der Waals surface area contributed by atoms with Gasteiger partial charge in [0, 0.05) is 0 Å². The van der Waals surface area contributed by atoms with Crippen LogP contribution < -0.4 is 0 Å². The van der Waals surface area contributed by atoms with Crippen LogP contribution in [0.4, 0.5) is 0 Å². The van der Waals surface area contributed by atoms with E-state index in [0.29, 0.717) is 5.41 Å². The van der Waals surface area contributed by atoms with Gasteiger partial charge in [-0.25, -0.2) is 0 Å². The number of rotatable bonds is 2. The molecule has 0 heterocycles. The maximum absolute atomic E-state index is 2.46. The number of benzene rings is 1. The van der Waals surface area contributed by atoms with E-state index in [9.17, 15) is 0 Å². The number of hydrogen-bond donors (Lipinski definition) is 0. The van der Waals surface area contributed by atoms with Gasteiger partial charge >= 0.3 is 25.8 Å². The zero-order valence-electron chi connectivity index (χ0n) is 21.1. The Kier molecular flexibility index (Phi) is 10.7. The van der Waals surface area contributed by atoms with Crippen LogP contribution in [0.15, 0.2) is 24.3 Å². The first-order valence-electron chi connectivity index (χ1n) is 10.5. The second-order valence-electron chi connectivity index (χ2n) is 9.46. The van der Waals surface area contributed by atoms with Crippen molar-refractivity contribution >= 4 is 10.8 Å². The molecule has 0 saturated carbocycles. The van der Waals surface area contributed by atoms with Crippen molar-refractivity contribution in [3.05, 3.63) is 83.6 Å². The van der Waals surface area contributed by atoms with Gasteiger partial charge in [-0.1, -0.05) is 79.4 Å². The second kappa shape index (κ2) is 11.1. The van der Waals surface area contributed by atoms with Crippen molar-refractivity contribution in [2.24, 2.45) is 5.41 Å². The van der Waals surface area contributed by atoms with Crippen molar-refractivity contribution in [2.45, 2.75) is 81.1 Å². The molecular weight excluding hydrogens is 527 g/mol. The average molecular weight is 569 g/mol. The fraction of sp³-hybridized carbons (Fsp3) is 0.448. The van der Waals surface area contributed by atoms with Crippen molar-refractivity contribution in [1.82, 2.24) is 0 Å². The van der Waals surface area contributed by atoms with Crippen LogP contribution in [-0.4, -0.2) is 0 Å². The maximum Gasteiger partial charge on any atom is 4.00 e. The third-order valence-corrected chi connectivity index (χ3v) is 6.85. The van der Waals surface area contributed by atoms with E-state index >= 15 is 0 Å². The molecule has 0 spiro atoms. The normalized spacial score (nSPS) is 13.5. The van der Waals surface area contributed by atoms with Crippen LogP contribution in [0.1, 0.15) is 71.7 Å². The quantitative estimate of drug-likeness (QED) is 0.215. The fourth-order valence-corrected chi connectivity index (χ4v) is 4.72. The van der Waals surface area contributed by atoms with E-state index in [4.69, 9.17) is 0 Å². The van der Waals surface area contributed by atoms with Crippen molar-refractivity contribution in [3.63, 3.8) is 0 Å². The third-order valence-electron chi connectivity index (χ3n) is 6.85. The van der Waals surface area contributed by atoms with Crippen LogP contribution in [0.2, 0.25) is 0 Å². The SMILES string of the molecule is CCC[c-]1ccc2cc3c(cc21)CC(C)(C)C3.Cc1c(C)c(C)[c-](C)c1C.[CH3-].[CH3-].[Hf+4]. The second-order valence-corrected chi connectivity index (χ2v) is 9.46. The van der Waals surface area contributed by atoms with Gasteiger partial charge in [0.25, 0.3) is 0 Å². The summed E-state index contributed by atoms with van der Waals surface area (Å²) in [4.78, 5) is 0.